The van der Waals surface area contributed by atoms with Crippen molar-refractivity contribution in [2.24, 2.45) is 11.5 Å². The first-order valence-corrected chi connectivity index (χ1v) is 37.6. The van der Waals surface area contributed by atoms with Gasteiger partial charge >= 0.3 is 6.09 Å². The van der Waals surface area contributed by atoms with Crippen molar-refractivity contribution >= 4 is 74.4 Å². The van der Waals surface area contributed by atoms with Gasteiger partial charge in [-0.15, -0.1) is 12.4 Å². The Bertz CT molecular complexity index is 5410. The Morgan fingerprint density at radius 2 is 0.817 bits per heavy atom. The molecule has 3 aliphatic rings. The first-order valence-electron chi connectivity index (χ1n) is 36.8. The summed E-state index contributed by atoms with van der Waals surface area (Å²) in [6.45, 7) is 6.36. The molecule has 550 valence electrons. The third kappa shape index (κ3) is 17.8. The standard InChI is InChI=1S/C31H28N4O.C29H28ClN3O2.C24H20ClN3.C7H9NO.ClH/c32-31(15-4-16-31)25-9-7-24(8-10-25)29-26(23-5-2-1-3-6-23)21-27-28(35-29)13-19-34-30(27)36-20-14-22-11-17-33-18-12-22;1-28(2,3)35-27(34)33-29(15-7-16-29)21-12-10-20(11-13-21)25-22(19-8-5-4-6-9-19)18-23-24(32-25)14-17-31-26(23)30;25-23-20-15-19(16-5-2-1-3-6-16)22(28-21(20)11-14-27-23)17-7-9-18(10-8-17)24(26)12-4-13-24;9-6-3-7-1-4-8-5-2-7;/h1-3,5-13,17-19,21H,4,14-16,20,32H2;4-6,8-14,17-18H,7,15-16H2,1-3H3,(H,33,34);1-3,5-11,14-15H,4,12-13,26H2;1-2,4-5,9H,3,6H2;1H. The van der Waals surface area contributed by atoms with Gasteiger partial charge in [0.25, 0.3) is 0 Å². The Morgan fingerprint density at radius 1 is 0.450 bits per heavy atom. The molecule has 3 fully saturated rings. The number of carbonyl (C=O) groups excluding carboxylic acids is 1. The summed E-state index contributed by atoms with van der Waals surface area (Å²) in [6.07, 6.45) is 22.8. The number of carbonyl (C=O) groups is 1. The fourth-order valence-corrected chi connectivity index (χ4v) is 14.5. The number of rotatable bonds is 16. The maximum absolute atomic E-state index is 12.5. The first-order chi connectivity index (χ1) is 52.5. The van der Waals surface area contributed by atoms with Crippen LogP contribution >= 0.6 is 35.6 Å². The zero-order valence-electron chi connectivity index (χ0n) is 61.2. The Balaban J connectivity index is 0.000000136. The minimum Gasteiger partial charge on any atom is -0.477 e. The van der Waals surface area contributed by atoms with Crippen molar-refractivity contribution in [3.63, 3.8) is 0 Å². The quantitative estimate of drug-likeness (QED) is 0.0661. The van der Waals surface area contributed by atoms with Crippen molar-refractivity contribution < 1.29 is 19.4 Å². The number of aromatic nitrogens is 8. The van der Waals surface area contributed by atoms with Gasteiger partial charge in [0, 0.05) is 112 Å². The van der Waals surface area contributed by atoms with Crippen molar-refractivity contribution in [1.29, 1.82) is 0 Å². The molecule has 109 heavy (non-hydrogen) atoms. The third-order valence-electron chi connectivity index (χ3n) is 20.5. The van der Waals surface area contributed by atoms with Crippen LogP contribution in [0.3, 0.4) is 0 Å². The predicted molar refractivity (Wildman–Crippen MR) is 441 cm³/mol. The molecule has 0 saturated heterocycles. The molecule has 0 spiro atoms. The number of hydrogen-bond acceptors (Lipinski definition) is 14. The molecule has 8 aromatic heterocycles. The van der Waals surface area contributed by atoms with Gasteiger partial charge in [-0.1, -0.05) is 187 Å². The van der Waals surface area contributed by atoms with Crippen molar-refractivity contribution in [1.82, 2.24) is 45.2 Å². The average molecular weight is 1500 g/mol. The van der Waals surface area contributed by atoms with E-state index in [1.165, 1.54) is 29.5 Å². The summed E-state index contributed by atoms with van der Waals surface area (Å²) in [6, 6.07) is 76.1. The fourth-order valence-electron chi connectivity index (χ4n) is 14.1. The molecule has 0 aliphatic heterocycles. The normalized spacial score (nSPS) is 14.2. The number of nitrogens with two attached hydrogens (primary N) is 2. The lowest BCUT2D eigenvalue weighted by atomic mass is 9.71. The second-order valence-electron chi connectivity index (χ2n) is 28.9. The summed E-state index contributed by atoms with van der Waals surface area (Å²) in [5.74, 6) is 0.600. The first kappa shape index (κ1) is 76.3. The van der Waals surface area contributed by atoms with Crippen LogP contribution in [0, 0.1) is 0 Å². The molecule has 3 aliphatic carbocycles. The number of ether oxygens (including phenoxy) is 2. The van der Waals surface area contributed by atoms with Gasteiger partial charge in [0.05, 0.1) is 51.2 Å². The monoisotopic (exact) mass is 1500 g/mol. The van der Waals surface area contributed by atoms with E-state index in [0.717, 1.165) is 169 Å². The van der Waals surface area contributed by atoms with E-state index in [2.05, 4.69) is 170 Å². The van der Waals surface area contributed by atoms with E-state index in [9.17, 15) is 4.79 Å². The number of nitrogens with zero attached hydrogens (tertiary/aromatic N) is 8. The van der Waals surface area contributed by atoms with E-state index in [1.807, 2.05) is 106 Å². The summed E-state index contributed by atoms with van der Waals surface area (Å²) in [5, 5.41) is 15.1. The number of fused-ring (bicyclic) bond motifs is 3. The largest absolute Gasteiger partial charge is 0.477 e. The lowest BCUT2D eigenvalue weighted by molar-refractivity contribution is 0.0377. The van der Waals surface area contributed by atoms with Crippen LogP contribution in [0.4, 0.5) is 4.79 Å². The van der Waals surface area contributed by atoms with Crippen LogP contribution in [0.15, 0.2) is 268 Å². The molecule has 8 heterocycles. The van der Waals surface area contributed by atoms with E-state index in [-0.39, 0.29) is 41.7 Å². The van der Waals surface area contributed by atoms with Crippen LogP contribution in [-0.2, 0) is 34.2 Å². The minimum atomic E-state index is -0.535. The topological polar surface area (TPSA) is 223 Å². The SMILES string of the molecule is CC(C)(C)OC(=O)NC1(c2ccc(-c3nc4ccnc(Cl)c4cc3-c3ccccc3)cc2)CCC1.Cl.NC1(c2ccc(-c3nc4ccnc(Cl)c4cc3-c3ccccc3)cc2)CCC1.NC1(c2ccc(-c3nc4ccnc(OCCc5ccncc5)c4cc3-c3ccccc3)cc2)CCC1.OCCc1ccncc1. The molecular formula is C91H86Cl3N11O4. The number of aliphatic hydroxyl groups is 1. The van der Waals surface area contributed by atoms with E-state index in [1.54, 1.807) is 43.4 Å². The highest BCUT2D eigenvalue weighted by Gasteiger charge is 2.41. The lowest BCUT2D eigenvalue weighted by Crippen LogP contribution is -2.52. The van der Waals surface area contributed by atoms with Crippen LogP contribution in [-0.4, -0.2) is 69.9 Å². The predicted octanol–water partition coefficient (Wildman–Crippen LogP) is 20.8. The molecule has 14 aromatic rings. The number of amides is 1. The molecule has 0 bridgehead atoms. The molecule has 0 radical (unpaired) electrons. The van der Waals surface area contributed by atoms with Gasteiger partial charge in [-0.05, 0) is 190 Å². The Morgan fingerprint density at radius 3 is 1.18 bits per heavy atom. The maximum Gasteiger partial charge on any atom is 0.408 e. The smallest absolute Gasteiger partial charge is 0.408 e. The van der Waals surface area contributed by atoms with Crippen molar-refractivity contribution in [2.75, 3.05) is 13.2 Å². The highest BCUT2D eigenvalue weighted by Crippen LogP contribution is 2.46. The molecule has 0 atom stereocenters. The summed E-state index contributed by atoms with van der Waals surface area (Å²) < 4.78 is 11.7. The average Bonchev–Trinajstić information content (AvgIpc) is 0.782. The Labute approximate surface area is 652 Å². The molecule has 6 aromatic carbocycles. The van der Waals surface area contributed by atoms with E-state index < -0.39 is 5.60 Å². The van der Waals surface area contributed by atoms with Gasteiger partial charge in [-0.25, -0.2) is 34.7 Å². The van der Waals surface area contributed by atoms with Gasteiger partial charge in [-0.3, -0.25) is 9.97 Å². The molecule has 15 nitrogen and oxygen atoms in total. The number of benzene rings is 6. The molecule has 18 heteroatoms. The Hall–Kier alpha value is -10.9. The van der Waals surface area contributed by atoms with E-state index >= 15 is 0 Å². The number of alkyl carbamates (subject to hydrolysis) is 1. The van der Waals surface area contributed by atoms with E-state index in [4.69, 9.17) is 64.2 Å². The Kier molecular flexibility index (Phi) is 23.9. The van der Waals surface area contributed by atoms with Crippen LogP contribution in [0.5, 0.6) is 5.88 Å². The molecule has 1 amide bonds. The maximum atomic E-state index is 12.5. The molecule has 17 rings (SSSR count). The van der Waals surface area contributed by atoms with Crippen LogP contribution in [0.1, 0.15) is 106 Å². The zero-order chi connectivity index (χ0) is 74.7. The summed E-state index contributed by atoms with van der Waals surface area (Å²) in [7, 11) is 0. The molecule has 0 unspecified atom stereocenters. The van der Waals surface area contributed by atoms with Crippen molar-refractivity contribution in [2.45, 2.75) is 114 Å². The van der Waals surface area contributed by atoms with Gasteiger partial charge in [-0.2, -0.15) is 0 Å². The molecular weight excluding hydrogens is 1420 g/mol. The summed E-state index contributed by atoms with van der Waals surface area (Å²) in [5.41, 5.74) is 32.3. The number of pyridine rings is 8. The molecule has 6 N–H and O–H groups in total. The summed E-state index contributed by atoms with van der Waals surface area (Å²) >= 11 is 12.7. The van der Waals surface area contributed by atoms with Gasteiger partial charge < -0.3 is 31.4 Å². The van der Waals surface area contributed by atoms with Crippen LogP contribution in [0.2, 0.25) is 10.3 Å². The van der Waals surface area contributed by atoms with Crippen LogP contribution in [0.25, 0.3) is 99.9 Å². The second-order valence-corrected chi connectivity index (χ2v) is 29.6. The lowest BCUT2D eigenvalue weighted by Gasteiger charge is -2.43. The van der Waals surface area contributed by atoms with Gasteiger partial charge in [0.2, 0.25) is 5.88 Å². The number of aliphatic hydroxyl groups excluding tert-OH is 1. The van der Waals surface area contributed by atoms with Gasteiger partial charge in [0.15, 0.2) is 0 Å². The van der Waals surface area contributed by atoms with E-state index in [0.29, 0.717) is 22.8 Å². The van der Waals surface area contributed by atoms with Gasteiger partial charge in [0.1, 0.15) is 15.9 Å². The number of nitrogens with one attached hydrogen (secondary N) is 1. The number of hydrogen-bond donors (Lipinski definition) is 4. The second kappa shape index (κ2) is 34.1. The highest BCUT2D eigenvalue weighted by molar-refractivity contribution is 6.34. The number of halogens is 3. The van der Waals surface area contributed by atoms with Crippen LogP contribution < -0.4 is 21.5 Å². The zero-order valence-corrected chi connectivity index (χ0v) is 63.5. The minimum absolute atomic E-state index is 0. The highest BCUT2D eigenvalue weighted by atomic mass is 35.5. The fraction of sp³-hybridized carbons (Fsp3) is 0.220. The third-order valence-corrected chi connectivity index (χ3v) is 21.1. The summed E-state index contributed by atoms with van der Waals surface area (Å²) in [4.78, 5) is 48.5. The molecule has 3 saturated carbocycles. The van der Waals surface area contributed by atoms with Crippen molar-refractivity contribution in [3.8, 4) is 73.0 Å². The van der Waals surface area contributed by atoms with Crippen molar-refractivity contribution in [3.05, 3.63) is 306 Å².